The van der Waals surface area contributed by atoms with Crippen LogP contribution in [0.1, 0.15) is 26.3 Å². The van der Waals surface area contributed by atoms with Gasteiger partial charge >= 0.3 is 0 Å². The summed E-state index contributed by atoms with van der Waals surface area (Å²) in [6.45, 7) is 9.77. The second-order valence-corrected chi connectivity index (χ2v) is 5.89. The van der Waals surface area contributed by atoms with Crippen molar-refractivity contribution in [2.45, 2.75) is 32.9 Å². The summed E-state index contributed by atoms with van der Waals surface area (Å²) in [5.74, 6) is 0. The zero-order valence-electron chi connectivity index (χ0n) is 12.9. The highest BCUT2D eigenvalue weighted by Gasteiger charge is 2.31. The van der Waals surface area contributed by atoms with Gasteiger partial charge in [-0.3, -0.25) is 15.0 Å². The molecule has 1 aromatic carbocycles. The van der Waals surface area contributed by atoms with E-state index in [0.717, 1.165) is 12.1 Å². The minimum atomic E-state index is -0.327. The van der Waals surface area contributed by atoms with E-state index in [2.05, 4.69) is 24.1 Å². The summed E-state index contributed by atoms with van der Waals surface area (Å²) in [6, 6.07) is 5.25. The van der Waals surface area contributed by atoms with Crippen LogP contribution in [0, 0.1) is 10.1 Å². The minimum Gasteiger partial charge on any atom is -0.380 e. The fourth-order valence-corrected chi connectivity index (χ4v) is 2.64. The van der Waals surface area contributed by atoms with Gasteiger partial charge in [-0.2, -0.15) is 0 Å². The van der Waals surface area contributed by atoms with E-state index in [-0.39, 0.29) is 16.1 Å². The largest absolute Gasteiger partial charge is 0.380 e. The van der Waals surface area contributed by atoms with Crippen LogP contribution >= 0.6 is 0 Å². The lowest BCUT2D eigenvalue weighted by molar-refractivity contribution is -0.384. The topological polar surface area (TPSA) is 67.6 Å². The summed E-state index contributed by atoms with van der Waals surface area (Å²) in [5.41, 5.74) is 1.67. The number of nitrogens with one attached hydrogen (secondary N) is 1. The van der Waals surface area contributed by atoms with Gasteiger partial charge in [-0.05, 0) is 26.3 Å². The number of morpholine rings is 1. The van der Waals surface area contributed by atoms with Crippen LogP contribution in [0.2, 0.25) is 0 Å². The number of benzene rings is 1. The highest BCUT2D eigenvalue weighted by molar-refractivity contribution is 5.66. The maximum atomic E-state index is 11.2. The van der Waals surface area contributed by atoms with Crippen LogP contribution in [0.3, 0.4) is 0 Å². The molecule has 2 rings (SSSR count). The number of rotatable bonds is 5. The van der Waals surface area contributed by atoms with Crippen LogP contribution in [-0.2, 0) is 11.3 Å². The maximum absolute atomic E-state index is 11.2. The molecular weight excluding hydrogens is 270 g/mol. The van der Waals surface area contributed by atoms with Crippen molar-refractivity contribution in [3.8, 4) is 0 Å². The van der Waals surface area contributed by atoms with E-state index in [1.165, 1.54) is 0 Å². The maximum Gasteiger partial charge on any atom is 0.292 e. The molecule has 116 valence electrons. The molecule has 0 bridgehead atoms. The summed E-state index contributed by atoms with van der Waals surface area (Å²) in [7, 11) is 0. The Kier molecular flexibility index (Phi) is 4.80. The summed E-state index contributed by atoms with van der Waals surface area (Å²) < 4.78 is 5.53. The van der Waals surface area contributed by atoms with Crippen LogP contribution in [-0.4, -0.2) is 41.7 Å². The lowest BCUT2D eigenvalue weighted by Crippen LogP contribution is -2.52. The molecule has 6 nitrogen and oxygen atoms in total. The lowest BCUT2D eigenvalue weighted by atomic mass is 10.0. The van der Waals surface area contributed by atoms with Crippen LogP contribution in [0.5, 0.6) is 0 Å². The molecule has 21 heavy (non-hydrogen) atoms. The number of hydrogen-bond donors (Lipinski definition) is 1. The Labute approximate surface area is 125 Å². The Morgan fingerprint density at radius 3 is 2.86 bits per heavy atom. The van der Waals surface area contributed by atoms with Crippen LogP contribution in [0.25, 0.3) is 0 Å². The number of nitrogens with zero attached hydrogens (tertiary/aromatic N) is 2. The first-order valence-electron chi connectivity index (χ1n) is 7.28. The third-order valence-corrected chi connectivity index (χ3v) is 3.86. The van der Waals surface area contributed by atoms with Crippen LogP contribution in [0.15, 0.2) is 18.2 Å². The van der Waals surface area contributed by atoms with Gasteiger partial charge in [0, 0.05) is 31.2 Å². The first-order valence-corrected chi connectivity index (χ1v) is 7.28. The molecule has 0 atom stereocenters. The highest BCUT2D eigenvalue weighted by Crippen LogP contribution is 2.31. The zero-order chi connectivity index (χ0) is 15.5. The Balaban J connectivity index is 2.30. The fraction of sp³-hybridized carbons (Fsp3) is 0.600. The molecule has 1 heterocycles. The molecule has 1 saturated heterocycles. The Hall–Kier alpha value is -1.66. The van der Waals surface area contributed by atoms with Gasteiger partial charge in [0.15, 0.2) is 0 Å². The number of nitro groups is 1. The molecule has 1 fully saturated rings. The third kappa shape index (κ3) is 3.51. The van der Waals surface area contributed by atoms with E-state index in [0.29, 0.717) is 32.0 Å². The smallest absolute Gasteiger partial charge is 0.292 e. The Morgan fingerprint density at radius 2 is 2.24 bits per heavy atom. The van der Waals surface area contributed by atoms with Crippen molar-refractivity contribution in [3.05, 3.63) is 33.9 Å². The first-order chi connectivity index (χ1) is 9.95. The van der Waals surface area contributed by atoms with Crippen molar-refractivity contribution >= 4 is 11.4 Å². The minimum absolute atomic E-state index is 0.0631. The predicted octanol–water partition coefficient (Wildman–Crippen LogP) is 2.64. The molecule has 0 aliphatic carbocycles. The molecule has 1 aromatic rings. The molecule has 6 heteroatoms. The van der Waals surface area contributed by atoms with E-state index in [1.54, 1.807) is 12.1 Å². The standard InChI is InChI=1S/C15H23N3O3/c1-4-16-14-12(6-5-7-13(14)18(19)20)10-17-8-9-21-11-15(17,2)3/h5-7,16H,4,8-11H2,1-3H3. The van der Waals surface area contributed by atoms with Crippen molar-refractivity contribution in [1.29, 1.82) is 0 Å². The van der Waals surface area contributed by atoms with Crippen molar-refractivity contribution in [2.24, 2.45) is 0 Å². The molecule has 0 spiro atoms. The number of ether oxygens (including phenoxy) is 1. The van der Waals surface area contributed by atoms with Crippen molar-refractivity contribution < 1.29 is 9.66 Å². The normalized spacial score (nSPS) is 18.4. The second kappa shape index (κ2) is 6.41. The van der Waals surface area contributed by atoms with Gasteiger partial charge in [0.2, 0.25) is 0 Å². The quantitative estimate of drug-likeness (QED) is 0.667. The van der Waals surface area contributed by atoms with E-state index in [9.17, 15) is 10.1 Å². The van der Waals surface area contributed by atoms with Gasteiger partial charge < -0.3 is 10.1 Å². The average Bonchev–Trinajstić information content (AvgIpc) is 2.42. The fourth-order valence-electron chi connectivity index (χ4n) is 2.64. The summed E-state index contributed by atoms with van der Waals surface area (Å²) in [5, 5.41) is 14.3. The Bertz CT molecular complexity index is 517. The number of hydrogen-bond acceptors (Lipinski definition) is 5. The van der Waals surface area contributed by atoms with Gasteiger partial charge in [-0.1, -0.05) is 12.1 Å². The van der Waals surface area contributed by atoms with Gasteiger partial charge in [0.1, 0.15) is 5.69 Å². The van der Waals surface area contributed by atoms with Crippen molar-refractivity contribution in [3.63, 3.8) is 0 Å². The number of anilines is 1. The molecule has 1 aliphatic rings. The van der Waals surface area contributed by atoms with Crippen LogP contribution < -0.4 is 5.32 Å². The molecule has 0 amide bonds. The third-order valence-electron chi connectivity index (χ3n) is 3.86. The second-order valence-electron chi connectivity index (χ2n) is 5.89. The van der Waals surface area contributed by atoms with E-state index >= 15 is 0 Å². The average molecular weight is 293 g/mol. The van der Waals surface area contributed by atoms with E-state index in [1.807, 2.05) is 13.0 Å². The highest BCUT2D eigenvalue weighted by atomic mass is 16.6. The molecule has 1 N–H and O–H groups in total. The van der Waals surface area contributed by atoms with Crippen LogP contribution in [0.4, 0.5) is 11.4 Å². The summed E-state index contributed by atoms with van der Waals surface area (Å²) >= 11 is 0. The van der Waals surface area contributed by atoms with Crippen molar-refractivity contribution in [2.75, 3.05) is 31.6 Å². The molecule has 0 saturated carbocycles. The predicted molar refractivity (Wildman–Crippen MR) is 82.6 cm³/mol. The number of nitro benzene ring substituents is 1. The molecule has 0 unspecified atom stereocenters. The SMILES string of the molecule is CCNc1c(CN2CCOCC2(C)C)cccc1[N+](=O)[O-]. The van der Waals surface area contributed by atoms with E-state index in [4.69, 9.17) is 4.74 Å². The van der Waals surface area contributed by atoms with Crippen molar-refractivity contribution in [1.82, 2.24) is 4.90 Å². The monoisotopic (exact) mass is 293 g/mol. The molecular formula is C15H23N3O3. The molecule has 0 radical (unpaired) electrons. The number of para-hydroxylation sites is 1. The van der Waals surface area contributed by atoms with Gasteiger partial charge in [0.05, 0.1) is 18.1 Å². The Morgan fingerprint density at radius 1 is 1.48 bits per heavy atom. The molecule has 0 aromatic heterocycles. The lowest BCUT2D eigenvalue weighted by Gasteiger charge is -2.42. The van der Waals surface area contributed by atoms with Gasteiger partial charge in [0.25, 0.3) is 5.69 Å². The summed E-state index contributed by atoms with van der Waals surface area (Å²) in [4.78, 5) is 13.2. The molecule has 1 aliphatic heterocycles. The summed E-state index contributed by atoms with van der Waals surface area (Å²) in [6.07, 6.45) is 0. The first kappa shape index (κ1) is 15.7. The van der Waals surface area contributed by atoms with Gasteiger partial charge in [-0.15, -0.1) is 0 Å². The zero-order valence-corrected chi connectivity index (χ0v) is 12.9. The van der Waals surface area contributed by atoms with E-state index < -0.39 is 0 Å². The van der Waals surface area contributed by atoms with Gasteiger partial charge in [-0.25, -0.2) is 0 Å².